The molecule has 1 amide bonds. The standard InChI is InChI=1S/C40H64N4O9/c1-12-31-40(8)34(44(38(48)53-40)42-19-15-17-28-16-13-14-18-29(28)41)27(6)32(45)25(4)22-39(7,49-11)35(23(2)20-24(3)36(47)51-31)52-37-33(46)30(43(9)10)21-26(5)50-37/h13-14,16,18,20,23,25-27,30-31,33-35,37,42,46H,12,15,17,19,21-22,41H2,1-11H3/b24-20+/t23-,25+,26+,27-,30-,31+,33+,34+,35+,37-,39-,40+/m0/s1. The molecule has 3 heterocycles. The number of nitrogens with one attached hydrogen (secondary N) is 1. The lowest BCUT2D eigenvalue weighted by molar-refractivity contribution is -0.294. The summed E-state index contributed by atoms with van der Waals surface area (Å²) in [6.07, 6.45) is -0.0527. The fourth-order valence-corrected chi connectivity index (χ4v) is 8.68. The first-order valence-corrected chi connectivity index (χ1v) is 19.1. The number of ketones is 1. The van der Waals surface area contributed by atoms with Crippen molar-refractivity contribution in [3.8, 4) is 0 Å². The number of benzene rings is 1. The summed E-state index contributed by atoms with van der Waals surface area (Å²) >= 11 is 0. The number of nitrogen functional groups attached to an aromatic ring is 1. The minimum Gasteiger partial charge on any atom is -0.455 e. The number of methoxy groups -OCH3 is 1. The number of hydrogen-bond donors (Lipinski definition) is 3. The largest absolute Gasteiger partial charge is 0.455 e. The molecule has 3 aliphatic heterocycles. The average Bonchev–Trinajstić information content (AvgIpc) is 3.37. The highest BCUT2D eigenvalue weighted by Gasteiger charge is 2.60. The van der Waals surface area contributed by atoms with E-state index in [-0.39, 0.29) is 24.3 Å². The smallest absolute Gasteiger partial charge is 0.425 e. The van der Waals surface area contributed by atoms with Crippen LogP contribution in [0.25, 0.3) is 0 Å². The number of para-hydroxylation sites is 1. The predicted molar refractivity (Wildman–Crippen MR) is 201 cm³/mol. The number of hydrazine groups is 1. The number of aliphatic hydroxyl groups is 1. The number of cyclic esters (lactones) is 1. The SMILES string of the molecule is CC[C@H]1OC(=O)/C(C)=C/[C@H](C)[C@@H](O[C@@H]2O[C@H](C)C[C@H](N(C)C)[C@H]2O)[C@@](C)(OC)C[C@@H](C)C(=O)[C@H](C)[C@H]2N(NCCCc3ccccc3N)C(=O)O[C@]12C. The molecule has 13 heteroatoms. The Bertz CT molecular complexity index is 1470. The Kier molecular flexibility index (Phi) is 14.2. The van der Waals surface area contributed by atoms with E-state index in [1.54, 1.807) is 34.0 Å². The van der Waals surface area contributed by atoms with Crippen LogP contribution < -0.4 is 11.2 Å². The lowest BCUT2D eigenvalue weighted by Crippen LogP contribution is -2.60. The van der Waals surface area contributed by atoms with E-state index in [9.17, 15) is 19.5 Å². The minimum absolute atomic E-state index is 0.113. The van der Waals surface area contributed by atoms with Crippen LogP contribution in [0.4, 0.5) is 10.5 Å². The van der Waals surface area contributed by atoms with Crippen molar-refractivity contribution in [2.45, 2.75) is 141 Å². The molecule has 0 unspecified atom stereocenters. The van der Waals surface area contributed by atoms with E-state index in [1.165, 1.54) is 5.01 Å². The Labute approximate surface area is 315 Å². The number of hydrogen-bond acceptors (Lipinski definition) is 12. The molecule has 2 saturated heterocycles. The van der Waals surface area contributed by atoms with Crippen LogP contribution in [0.2, 0.25) is 0 Å². The van der Waals surface area contributed by atoms with Gasteiger partial charge in [0.15, 0.2) is 11.9 Å². The number of likely N-dealkylation sites (N-methyl/N-ethyl adjacent to an activating group) is 1. The van der Waals surface area contributed by atoms with E-state index in [0.29, 0.717) is 43.5 Å². The molecule has 0 aliphatic carbocycles. The number of aliphatic hydroxyl groups excluding tert-OH is 1. The fraction of sp³-hybridized carbons (Fsp3) is 0.725. The highest BCUT2D eigenvalue weighted by molar-refractivity contribution is 5.88. The van der Waals surface area contributed by atoms with Gasteiger partial charge in [0.05, 0.1) is 17.8 Å². The summed E-state index contributed by atoms with van der Waals surface area (Å²) in [6, 6.07) is 6.64. The van der Waals surface area contributed by atoms with E-state index < -0.39 is 71.7 Å². The van der Waals surface area contributed by atoms with Crippen molar-refractivity contribution in [1.29, 1.82) is 0 Å². The molecular weight excluding hydrogens is 680 g/mol. The van der Waals surface area contributed by atoms with Crippen molar-refractivity contribution in [1.82, 2.24) is 15.3 Å². The molecule has 0 bridgehead atoms. The van der Waals surface area contributed by atoms with Crippen LogP contribution in [-0.4, -0.2) is 115 Å². The van der Waals surface area contributed by atoms with Crippen molar-refractivity contribution < 1.29 is 43.2 Å². The van der Waals surface area contributed by atoms with Crippen molar-refractivity contribution in [2.75, 3.05) is 33.5 Å². The zero-order chi connectivity index (χ0) is 39.4. The van der Waals surface area contributed by atoms with E-state index in [1.807, 2.05) is 77.9 Å². The van der Waals surface area contributed by atoms with Gasteiger partial charge in [0, 0.05) is 48.7 Å². The van der Waals surface area contributed by atoms with Gasteiger partial charge in [-0.05, 0) is 85.5 Å². The van der Waals surface area contributed by atoms with Crippen LogP contribution in [-0.2, 0) is 39.7 Å². The van der Waals surface area contributed by atoms with Crippen molar-refractivity contribution in [3.05, 3.63) is 41.5 Å². The number of carbonyl (C=O) groups is 3. The van der Waals surface area contributed by atoms with Gasteiger partial charge in [-0.2, -0.15) is 0 Å². The zero-order valence-electron chi connectivity index (χ0n) is 33.6. The highest BCUT2D eigenvalue weighted by atomic mass is 16.7. The molecule has 1 aromatic carbocycles. The van der Waals surface area contributed by atoms with Crippen LogP contribution in [0.1, 0.15) is 86.6 Å². The Morgan fingerprint density at radius 1 is 1.11 bits per heavy atom. The molecule has 298 valence electrons. The van der Waals surface area contributed by atoms with Crippen LogP contribution >= 0.6 is 0 Å². The predicted octanol–water partition coefficient (Wildman–Crippen LogP) is 4.65. The fourth-order valence-electron chi connectivity index (χ4n) is 8.68. The molecular formula is C40H64N4O9. The molecule has 4 rings (SSSR count). The van der Waals surface area contributed by atoms with Crippen molar-refractivity contribution >= 4 is 23.5 Å². The number of fused-ring (bicyclic) bond motifs is 1. The number of nitrogens with zero attached hydrogens (tertiary/aromatic N) is 2. The summed E-state index contributed by atoms with van der Waals surface area (Å²) in [4.78, 5) is 44.0. The number of anilines is 1. The summed E-state index contributed by atoms with van der Waals surface area (Å²) in [7, 11) is 5.39. The van der Waals surface area contributed by atoms with Crippen LogP contribution in [0.5, 0.6) is 0 Å². The van der Waals surface area contributed by atoms with E-state index in [2.05, 4.69) is 5.43 Å². The molecule has 1 aromatic rings. The third-order valence-electron chi connectivity index (χ3n) is 11.6. The van der Waals surface area contributed by atoms with Gasteiger partial charge in [-0.1, -0.05) is 52.0 Å². The van der Waals surface area contributed by atoms with Gasteiger partial charge >= 0.3 is 12.1 Å². The summed E-state index contributed by atoms with van der Waals surface area (Å²) in [5.41, 5.74) is 9.01. The number of ether oxygens (including phenoxy) is 5. The zero-order valence-corrected chi connectivity index (χ0v) is 33.6. The van der Waals surface area contributed by atoms with Crippen LogP contribution in [0.3, 0.4) is 0 Å². The Morgan fingerprint density at radius 2 is 1.79 bits per heavy atom. The third kappa shape index (κ3) is 9.25. The number of esters is 1. The Hall–Kier alpha value is -3.07. The maximum absolute atomic E-state index is 14.6. The number of Topliss-reactive ketones (excluding diaryl/α,β-unsaturated/α-hetero) is 1. The number of carbonyl (C=O) groups excluding carboxylic acids is 3. The van der Waals surface area contributed by atoms with E-state index >= 15 is 0 Å². The topological polar surface area (TPSA) is 162 Å². The summed E-state index contributed by atoms with van der Waals surface area (Å²) in [5, 5.41) is 12.8. The Morgan fingerprint density at radius 3 is 2.42 bits per heavy atom. The minimum atomic E-state index is -1.35. The summed E-state index contributed by atoms with van der Waals surface area (Å²) in [6.45, 7) is 15.1. The molecule has 53 heavy (non-hydrogen) atoms. The molecule has 0 spiro atoms. The van der Waals surface area contributed by atoms with Crippen LogP contribution in [0, 0.1) is 17.8 Å². The number of nitrogens with two attached hydrogens (primary N) is 1. The normalized spacial score (nSPS) is 38.5. The van der Waals surface area contributed by atoms with Crippen LogP contribution in [0.15, 0.2) is 35.9 Å². The molecule has 4 N–H and O–H groups in total. The second-order valence-electron chi connectivity index (χ2n) is 16.0. The number of amides is 1. The molecule has 12 atom stereocenters. The van der Waals surface area contributed by atoms with Gasteiger partial charge in [0.2, 0.25) is 0 Å². The average molecular weight is 745 g/mol. The van der Waals surface area contributed by atoms with Gasteiger partial charge in [0.25, 0.3) is 0 Å². The molecule has 3 aliphatic rings. The van der Waals surface area contributed by atoms with Gasteiger partial charge < -0.3 is 39.4 Å². The molecule has 0 radical (unpaired) electrons. The second kappa shape index (κ2) is 17.6. The second-order valence-corrected chi connectivity index (χ2v) is 16.0. The third-order valence-corrected chi connectivity index (χ3v) is 11.6. The highest BCUT2D eigenvalue weighted by Crippen LogP contribution is 2.42. The maximum Gasteiger partial charge on any atom is 0.425 e. The van der Waals surface area contributed by atoms with Crippen molar-refractivity contribution in [2.24, 2.45) is 17.8 Å². The molecule has 0 aromatic heterocycles. The van der Waals surface area contributed by atoms with Gasteiger partial charge in [-0.15, -0.1) is 0 Å². The van der Waals surface area contributed by atoms with Crippen molar-refractivity contribution in [3.63, 3.8) is 0 Å². The number of aryl methyl sites for hydroxylation is 1. The van der Waals surface area contributed by atoms with E-state index in [4.69, 9.17) is 29.4 Å². The number of rotatable bonds is 10. The first-order valence-electron chi connectivity index (χ1n) is 19.1. The molecule has 0 saturated carbocycles. The first kappa shape index (κ1) is 42.7. The molecule has 13 nitrogen and oxygen atoms in total. The molecule has 2 fully saturated rings. The van der Waals surface area contributed by atoms with Gasteiger partial charge in [-0.25, -0.2) is 20.0 Å². The van der Waals surface area contributed by atoms with Gasteiger partial charge in [0.1, 0.15) is 24.0 Å². The van der Waals surface area contributed by atoms with E-state index in [0.717, 1.165) is 5.56 Å². The van der Waals surface area contributed by atoms with Gasteiger partial charge in [-0.3, -0.25) is 4.79 Å². The Balaban J connectivity index is 1.70. The maximum atomic E-state index is 14.6. The lowest BCUT2D eigenvalue weighted by Gasteiger charge is -2.46. The summed E-state index contributed by atoms with van der Waals surface area (Å²) < 4.78 is 31.3. The summed E-state index contributed by atoms with van der Waals surface area (Å²) in [5.74, 6) is -2.44. The quantitative estimate of drug-likeness (QED) is 0.173. The first-order chi connectivity index (χ1) is 24.9. The monoisotopic (exact) mass is 744 g/mol. The lowest BCUT2D eigenvalue weighted by atomic mass is 9.74.